The average Bonchev–Trinajstić information content (AvgIpc) is 2.86. The van der Waals surface area contributed by atoms with Crippen LogP contribution < -0.4 is 4.74 Å². The smallest absolute Gasteiger partial charge is 0.134 e. The van der Waals surface area contributed by atoms with E-state index in [9.17, 15) is 0 Å². The van der Waals surface area contributed by atoms with E-state index in [4.69, 9.17) is 16.3 Å². The Balaban J connectivity index is 2.26. The van der Waals surface area contributed by atoms with Gasteiger partial charge in [0.05, 0.1) is 17.4 Å². The fourth-order valence-corrected chi connectivity index (χ4v) is 3.13. The van der Waals surface area contributed by atoms with Gasteiger partial charge in [0.25, 0.3) is 0 Å². The predicted molar refractivity (Wildman–Crippen MR) is 79.1 cm³/mol. The van der Waals surface area contributed by atoms with E-state index in [0.717, 1.165) is 16.2 Å². The van der Waals surface area contributed by atoms with Gasteiger partial charge < -0.3 is 4.74 Å². The van der Waals surface area contributed by atoms with Crippen molar-refractivity contribution in [3.8, 4) is 5.75 Å². The van der Waals surface area contributed by atoms with Crippen molar-refractivity contribution in [2.24, 2.45) is 0 Å². The molecule has 0 fully saturated rings. The number of thiophene rings is 1. The second kappa shape index (κ2) is 5.77. The molecule has 0 aliphatic carbocycles. The normalized spacial score (nSPS) is 12.7. The molecule has 0 saturated heterocycles. The molecule has 0 N–H and O–H groups in total. The first-order valence-corrected chi connectivity index (χ1v) is 7.30. The summed E-state index contributed by atoms with van der Waals surface area (Å²) in [6, 6.07) is 10.5. The summed E-state index contributed by atoms with van der Waals surface area (Å²) >= 11 is 8.15. The van der Waals surface area contributed by atoms with Crippen molar-refractivity contribution in [2.75, 3.05) is 7.11 Å². The number of methoxy groups -OCH3 is 1. The van der Waals surface area contributed by atoms with Crippen LogP contribution >= 0.6 is 22.9 Å². The lowest BCUT2D eigenvalue weighted by atomic mass is 10.0. The van der Waals surface area contributed by atoms with Crippen molar-refractivity contribution in [3.63, 3.8) is 0 Å². The van der Waals surface area contributed by atoms with E-state index in [1.165, 1.54) is 5.56 Å². The molecule has 96 valence electrons. The standard InChI is InChI=1S/C15H17ClOS/c1-10(2)11-4-6-12(7-5-11)14(16)15-13(17-3)8-9-18-15/h4-10,14H,1-3H3. The van der Waals surface area contributed by atoms with Gasteiger partial charge in [-0.1, -0.05) is 38.1 Å². The summed E-state index contributed by atoms with van der Waals surface area (Å²) in [6.45, 7) is 4.38. The van der Waals surface area contributed by atoms with Crippen LogP contribution in [0.3, 0.4) is 0 Å². The molecule has 3 heteroatoms. The maximum Gasteiger partial charge on any atom is 0.134 e. The van der Waals surface area contributed by atoms with Crippen LogP contribution in [-0.4, -0.2) is 7.11 Å². The minimum Gasteiger partial charge on any atom is -0.496 e. The summed E-state index contributed by atoms with van der Waals surface area (Å²) in [7, 11) is 1.68. The van der Waals surface area contributed by atoms with E-state index in [-0.39, 0.29) is 5.38 Å². The zero-order valence-corrected chi connectivity index (χ0v) is 12.4. The van der Waals surface area contributed by atoms with Gasteiger partial charge in [0.1, 0.15) is 5.75 Å². The third-order valence-electron chi connectivity index (χ3n) is 3.00. The number of rotatable bonds is 4. The van der Waals surface area contributed by atoms with Gasteiger partial charge in [-0.15, -0.1) is 22.9 Å². The summed E-state index contributed by atoms with van der Waals surface area (Å²) in [5.41, 5.74) is 2.45. The van der Waals surface area contributed by atoms with Crippen molar-refractivity contribution in [3.05, 3.63) is 51.7 Å². The third kappa shape index (κ3) is 2.70. The highest BCUT2D eigenvalue weighted by atomic mass is 35.5. The second-order valence-corrected chi connectivity index (χ2v) is 5.92. The molecule has 1 atom stereocenters. The minimum atomic E-state index is -0.138. The van der Waals surface area contributed by atoms with Crippen molar-refractivity contribution >= 4 is 22.9 Å². The Morgan fingerprint density at radius 2 is 1.67 bits per heavy atom. The molecule has 1 nitrogen and oxygen atoms in total. The summed E-state index contributed by atoms with van der Waals surface area (Å²) in [4.78, 5) is 1.07. The van der Waals surface area contributed by atoms with E-state index in [2.05, 4.69) is 38.1 Å². The Kier molecular flexibility index (Phi) is 4.31. The Hall–Kier alpha value is -0.990. The quantitative estimate of drug-likeness (QED) is 0.699. The molecule has 18 heavy (non-hydrogen) atoms. The number of benzene rings is 1. The second-order valence-electron chi connectivity index (χ2n) is 4.54. The Bertz CT molecular complexity index is 501. The molecule has 1 unspecified atom stereocenters. The number of hydrogen-bond donors (Lipinski definition) is 0. The lowest BCUT2D eigenvalue weighted by Crippen LogP contribution is -1.95. The molecule has 0 bridgehead atoms. The Labute approximate surface area is 117 Å². The first kappa shape index (κ1) is 13.4. The number of halogens is 1. The molecule has 1 heterocycles. The van der Waals surface area contributed by atoms with Crippen LogP contribution in [0.5, 0.6) is 5.75 Å². The molecular weight excluding hydrogens is 264 g/mol. The molecular formula is C15H17ClOS. The molecule has 2 aromatic rings. The Morgan fingerprint density at radius 3 is 2.22 bits per heavy atom. The minimum absolute atomic E-state index is 0.138. The molecule has 0 saturated carbocycles. The van der Waals surface area contributed by atoms with E-state index >= 15 is 0 Å². The van der Waals surface area contributed by atoms with Crippen molar-refractivity contribution < 1.29 is 4.74 Å². The number of hydrogen-bond acceptors (Lipinski definition) is 2. The summed E-state index contributed by atoms with van der Waals surface area (Å²) in [5.74, 6) is 1.41. The lowest BCUT2D eigenvalue weighted by Gasteiger charge is -2.12. The van der Waals surface area contributed by atoms with Crippen molar-refractivity contribution in [1.82, 2.24) is 0 Å². The lowest BCUT2D eigenvalue weighted by molar-refractivity contribution is 0.413. The van der Waals surface area contributed by atoms with E-state index in [1.54, 1.807) is 18.4 Å². The number of ether oxygens (including phenoxy) is 1. The molecule has 0 aliphatic heterocycles. The first-order valence-electron chi connectivity index (χ1n) is 5.98. The largest absolute Gasteiger partial charge is 0.496 e. The zero-order valence-electron chi connectivity index (χ0n) is 10.8. The van der Waals surface area contributed by atoms with Gasteiger partial charge >= 0.3 is 0 Å². The van der Waals surface area contributed by atoms with Crippen molar-refractivity contribution in [1.29, 1.82) is 0 Å². The SMILES string of the molecule is COc1ccsc1C(Cl)c1ccc(C(C)C)cc1. The van der Waals surface area contributed by atoms with Crippen LogP contribution in [0.25, 0.3) is 0 Å². The molecule has 0 spiro atoms. The van der Waals surface area contributed by atoms with Crippen LogP contribution in [-0.2, 0) is 0 Å². The predicted octanol–water partition coefficient (Wildman–Crippen LogP) is 5.21. The van der Waals surface area contributed by atoms with Crippen LogP contribution in [0.4, 0.5) is 0 Å². The molecule has 0 aliphatic rings. The van der Waals surface area contributed by atoms with Gasteiger partial charge in [-0.3, -0.25) is 0 Å². The zero-order chi connectivity index (χ0) is 13.1. The third-order valence-corrected chi connectivity index (χ3v) is 4.57. The molecule has 1 aromatic carbocycles. The van der Waals surface area contributed by atoms with E-state index in [1.807, 2.05) is 11.4 Å². The topological polar surface area (TPSA) is 9.23 Å². The summed E-state index contributed by atoms with van der Waals surface area (Å²) in [5, 5.41) is 1.87. The Morgan fingerprint density at radius 1 is 1.06 bits per heavy atom. The van der Waals surface area contributed by atoms with Gasteiger partial charge in [-0.2, -0.15) is 0 Å². The van der Waals surface area contributed by atoms with Crippen LogP contribution in [0.1, 0.15) is 41.1 Å². The van der Waals surface area contributed by atoms with Crippen LogP contribution in [0.15, 0.2) is 35.7 Å². The molecule has 1 aromatic heterocycles. The van der Waals surface area contributed by atoms with Gasteiger partial charge in [0, 0.05) is 0 Å². The fraction of sp³-hybridized carbons (Fsp3) is 0.333. The van der Waals surface area contributed by atoms with Gasteiger partial charge in [0.2, 0.25) is 0 Å². The highest BCUT2D eigenvalue weighted by Gasteiger charge is 2.17. The summed E-state index contributed by atoms with van der Waals surface area (Å²) in [6.07, 6.45) is 0. The van der Waals surface area contributed by atoms with Crippen LogP contribution in [0.2, 0.25) is 0 Å². The number of alkyl halides is 1. The van der Waals surface area contributed by atoms with Crippen molar-refractivity contribution in [2.45, 2.75) is 25.1 Å². The van der Waals surface area contributed by atoms with Crippen LogP contribution in [0, 0.1) is 0 Å². The monoisotopic (exact) mass is 280 g/mol. The van der Waals surface area contributed by atoms with Gasteiger partial charge in [0.15, 0.2) is 0 Å². The molecule has 2 rings (SSSR count). The van der Waals surface area contributed by atoms with Gasteiger partial charge in [-0.05, 0) is 28.5 Å². The fourth-order valence-electron chi connectivity index (χ4n) is 1.86. The maximum absolute atomic E-state index is 6.52. The van der Waals surface area contributed by atoms with E-state index < -0.39 is 0 Å². The highest BCUT2D eigenvalue weighted by molar-refractivity contribution is 7.10. The molecule has 0 amide bonds. The van der Waals surface area contributed by atoms with Gasteiger partial charge in [-0.25, -0.2) is 0 Å². The summed E-state index contributed by atoms with van der Waals surface area (Å²) < 4.78 is 5.32. The molecule has 0 radical (unpaired) electrons. The highest BCUT2D eigenvalue weighted by Crippen LogP contribution is 2.39. The maximum atomic E-state index is 6.52. The first-order chi connectivity index (χ1) is 8.63. The average molecular weight is 281 g/mol. The van der Waals surface area contributed by atoms with E-state index in [0.29, 0.717) is 5.92 Å².